The number of aromatic hydroxyl groups is 1. The third-order valence-electron chi connectivity index (χ3n) is 18.5. The topological polar surface area (TPSA) is 97.7 Å². The minimum Gasteiger partial charge on any atom is -0.508 e. The minimum atomic E-state index is -6.04. The molecule has 0 atom stereocenters. The number of halogens is 3. The molecule has 6 nitrogen and oxygen atoms in total. The Kier molecular flexibility index (Phi) is 11.6. The van der Waals surface area contributed by atoms with Gasteiger partial charge in [-0.05, 0) is 197 Å². The molecule has 14 aromatic carbocycles. The first-order valence-corrected chi connectivity index (χ1v) is 32.0. The number of fused-ring (bicyclic) bond motifs is 32. The molecule has 0 saturated carbocycles. The highest BCUT2D eigenvalue weighted by Gasteiger charge is 2.54. The summed E-state index contributed by atoms with van der Waals surface area (Å²) in [7, 11) is -10.7. The molecule has 11 heteroatoms. The number of aryl methyl sites for hydroxylation is 1. The van der Waals surface area contributed by atoms with Gasteiger partial charge in [0.05, 0.1) is 17.1 Å². The molecule has 0 aromatic heterocycles. The minimum absolute atomic E-state index is 0.191. The van der Waals surface area contributed by atoms with Crippen molar-refractivity contribution < 1.29 is 38.7 Å². The van der Waals surface area contributed by atoms with Gasteiger partial charge in [-0.1, -0.05) is 224 Å². The van der Waals surface area contributed by atoms with Crippen molar-refractivity contribution in [1.29, 1.82) is 0 Å². The Balaban J connectivity index is 0.000000120. The van der Waals surface area contributed by atoms with E-state index in [1.807, 2.05) is 12.1 Å². The van der Waals surface area contributed by atoms with Crippen LogP contribution >= 0.6 is 0 Å². The fourth-order valence-electron chi connectivity index (χ4n) is 15.4. The molecular weight excluding hydrogens is 1140 g/mol. The van der Waals surface area contributed by atoms with Gasteiger partial charge >= 0.3 is 15.6 Å². The van der Waals surface area contributed by atoms with Crippen molar-refractivity contribution in [2.24, 2.45) is 0 Å². The second kappa shape index (κ2) is 19.0. The van der Waals surface area contributed by atoms with Crippen molar-refractivity contribution in [3.63, 3.8) is 0 Å². The maximum Gasteiger partial charge on any atom is 0.524 e. The van der Waals surface area contributed by atoms with Crippen molar-refractivity contribution in [2.75, 3.05) is 6.26 Å². The smallest absolute Gasteiger partial charge is 0.508 e. The second-order valence-corrected chi connectivity index (χ2v) is 26.5. The van der Waals surface area contributed by atoms with Crippen LogP contribution in [0.4, 0.5) is 13.2 Å². The Morgan fingerprint density at radius 2 is 0.591 bits per heavy atom. The molecule has 0 heterocycles. The van der Waals surface area contributed by atoms with Crippen LogP contribution in [0.1, 0.15) is 50.1 Å². The monoisotopic (exact) mass is 1190 g/mol. The van der Waals surface area contributed by atoms with Crippen LogP contribution in [-0.2, 0) is 34.7 Å². The summed E-state index contributed by atoms with van der Waals surface area (Å²) < 4.78 is 76.8. The van der Waals surface area contributed by atoms with Gasteiger partial charge in [-0.25, -0.2) is 0 Å². The third kappa shape index (κ3) is 7.51. The number of phenolic OH excluding ortho intramolecular Hbond substituents is 1. The molecule has 4 aliphatic carbocycles. The number of rotatable bonds is 2. The lowest BCUT2D eigenvalue weighted by molar-refractivity contribution is -0.0498. The Morgan fingerprint density at radius 1 is 0.318 bits per heavy atom. The molecule has 0 amide bonds. The molecule has 0 fully saturated rings. The predicted octanol–water partition coefficient (Wildman–Crippen LogP) is 18.8. The van der Waals surface area contributed by atoms with Crippen LogP contribution in [0.5, 0.6) is 5.75 Å². The van der Waals surface area contributed by atoms with Crippen molar-refractivity contribution in [2.45, 2.75) is 23.3 Å². The lowest BCUT2D eigenvalue weighted by atomic mass is 9.70. The number of hydrogen-bond donors (Lipinski definition) is 1. The van der Waals surface area contributed by atoms with Gasteiger partial charge in [0.2, 0.25) is 0 Å². The Morgan fingerprint density at radius 3 is 0.920 bits per heavy atom. The molecule has 0 saturated heterocycles. The average Bonchev–Trinajstić information content (AvgIpc) is 1.51. The zero-order valence-electron chi connectivity index (χ0n) is 47.2. The van der Waals surface area contributed by atoms with Crippen LogP contribution in [0, 0.1) is 6.92 Å². The van der Waals surface area contributed by atoms with Gasteiger partial charge in [0.1, 0.15) is 5.75 Å². The van der Waals surface area contributed by atoms with Gasteiger partial charge in [0, 0.05) is 0 Å². The molecule has 1 N–H and O–H groups in total. The highest BCUT2D eigenvalue weighted by atomic mass is 32.3. The molecule has 0 aliphatic heterocycles. The quantitative estimate of drug-likeness (QED) is 0.137. The molecule has 14 aromatic rings. The lowest BCUT2D eigenvalue weighted by Crippen LogP contribution is -2.27. The highest BCUT2D eigenvalue weighted by molar-refractivity contribution is 7.99. The largest absolute Gasteiger partial charge is 0.524 e. The molecule has 426 valence electrons. The van der Waals surface area contributed by atoms with Crippen LogP contribution in [-0.4, -0.2) is 33.7 Å². The normalized spacial score (nSPS) is 14.2. The van der Waals surface area contributed by atoms with E-state index < -0.39 is 25.7 Å². The summed E-state index contributed by atoms with van der Waals surface area (Å²) in [6, 6.07) is 94.2. The highest BCUT2D eigenvalue weighted by Crippen LogP contribution is 2.65. The van der Waals surface area contributed by atoms with E-state index in [0.717, 1.165) is 5.39 Å². The molecule has 0 radical (unpaired) electrons. The summed E-state index contributed by atoms with van der Waals surface area (Å²) >= 11 is 0. The SMILES string of the molecule is CS(=O)(=O)OS(=O)(=O)C(F)(F)F.Cc1ccc2c(c1)c1ccccc1c1cc3c(cc21)C1(c2ccccc2-c2ccccc21)c1ccccc1-3.Oc1ccc2c(c1)c1ccccc1c1cc3c(cc21)C1(c2ccccc2-c2ccccc21)c1ccccc1-3. The first kappa shape index (κ1) is 53.6. The lowest BCUT2D eigenvalue weighted by Gasteiger charge is -2.30. The van der Waals surface area contributed by atoms with E-state index in [9.17, 15) is 35.1 Å². The van der Waals surface area contributed by atoms with Crippen LogP contribution < -0.4 is 0 Å². The average molecular weight is 1190 g/mol. The third-order valence-corrected chi connectivity index (χ3v) is 20.8. The molecule has 2 spiro atoms. The van der Waals surface area contributed by atoms with Crippen LogP contribution in [0.3, 0.4) is 0 Å². The van der Waals surface area contributed by atoms with E-state index in [2.05, 4.69) is 253 Å². The van der Waals surface area contributed by atoms with E-state index in [1.165, 1.54) is 154 Å². The fourth-order valence-corrected chi connectivity index (χ4v) is 17.0. The van der Waals surface area contributed by atoms with E-state index in [4.69, 9.17) is 0 Å². The maximum atomic E-state index is 11.4. The van der Waals surface area contributed by atoms with Crippen molar-refractivity contribution in [1.82, 2.24) is 0 Å². The van der Waals surface area contributed by atoms with Crippen molar-refractivity contribution in [3.05, 3.63) is 305 Å². The van der Waals surface area contributed by atoms with Gasteiger partial charge in [0.15, 0.2) is 0 Å². The maximum absolute atomic E-state index is 11.4. The first-order chi connectivity index (χ1) is 42.5. The van der Waals surface area contributed by atoms with Crippen molar-refractivity contribution in [3.8, 4) is 50.3 Å². The summed E-state index contributed by atoms with van der Waals surface area (Å²) in [5, 5.41) is 25.5. The number of hydrogen-bond acceptors (Lipinski definition) is 6. The zero-order chi connectivity index (χ0) is 60.2. The van der Waals surface area contributed by atoms with Gasteiger partial charge in [0.25, 0.3) is 10.1 Å². The Bertz CT molecular complexity index is 5230. The van der Waals surface area contributed by atoms with Crippen molar-refractivity contribution >= 4 is 84.9 Å². The molecule has 0 unspecified atom stereocenters. The molecular formula is C77H49F3O6S2. The van der Waals surface area contributed by atoms with Crippen LogP contribution in [0.2, 0.25) is 0 Å². The van der Waals surface area contributed by atoms with E-state index in [-0.39, 0.29) is 17.1 Å². The summed E-state index contributed by atoms with van der Waals surface area (Å²) in [5.74, 6) is 0.297. The van der Waals surface area contributed by atoms with E-state index in [0.29, 0.717) is 5.75 Å². The summed E-state index contributed by atoms with van der Waals surface area (Å²) in [6.45, 7) is 2.19. The van der Waals surface area contributed by atoms with Gasteiger partial charge in [-0.15, -0.1) is 3.63 Å². The van der Waals surface area contributed by atoms with E-state index >= 15 is 0 Å². The van der Waals surface area contributed by atoms with Gasteiger partial charge in [-0.3, -0.25) is 0 Å². The predicted molar refractivity (Wildman–Crippen MR) is 348 cm³/mol. The molecule has 4 aliphatic rings. The van der Waals surface area contributed by atoms with Crippen LogP contribution in [0.15, 0.2) is 255 Å². The summed E-state index contributed by atoms with van der Waals surface area (Å²) in [6.07, 6.45) is 0.191. The van der Waals surface area contributed by atoms with Gasteiger partial charge < -0.3 is 5.11 Å². The Labute approximate surface area is 505 Å². The zero-order valence-corrected chi connectivity index (χ0v) is 48.8. The van der Waals surface area contributed by atoms with E-state index in [1.54, 1.807) is 0 Å². The number of phenols is 1. The second-order valence-electron chi connectivity index (χ2n) is 23.2. The first-order valence-electron chi connectivity index (χ1n) is 28.8. The summed E-state index contributed by atoms with van der Waals surface area (Å²) in [5.41, 5.74) is 16.6. The Hall–Kier alpha value is -9.91. The number of benzene rings is 14. The summed E-state index contributed by atoms with van der Waals surface area (Å²) in [4.78, 5) is 0. The van der Waals surface area contributed by atoms with Crippen LogP contribution in [0.25, 0.3) is 109 Å². The molecule has 18 rings (SSSR count). The molecule has 88 heavy (non-hydrogen) atoms. The fraction of sp³-hybridized carbons (Fsp3) is 0.0649. The number of alkyl halides is 3. The standard InChI is InChI=1S/C38H24.C37H22O.C2H3F3O5S2/c1-23-18-19-26-30(20-23)24-10-2-3-11-25(24)31-21-33-29-14-6-9-17-36(29)38(37(33)22-32(26)31)34-15-7-4-12-27(34)28-13-5-8-16-35(28)38;38-22-17-18-25-29(19-22)23-9-1-2-10-24(23)30-20-32-28-13-5-8-16-35(28)37(36(32)21-31(25)30)33-14-6-3-11-26(33)27-12-4-7-15-34(27)37;1-11(6,7)10-12(8,9)2(3,4)5/h2-22H,1H3;1-21,38H;1H3. The van der Waals surface area contributed by atoms with Gasteiger partial charge in [-0.2, -0.15) is 30.0 Å². The molecule has 0 bridgehead atoms.